The van der Waals surface area contributed by atoms with Gasteiger partial charge in [0.1, 0.15) is 5.60 Å². The molecule has 0 aliphatic carbocycles. The summed E-state index contributed by atoms with van der Waals surface area (Å²) in [5, 5.41) is 8.36. The predicted molar refractivity (Wildman–Crippen MR) is 44.5 cm³/mol. The molecule has 5 heteroatoms. The standard InChI is InChI=1S/C7H16N2O3/c1-7(2,3)12-6(11)9-8-4-5-10/h8,10H,4-5H2,1-3H3,(H,9,11). The molecular weight excluding hydrogens is 160 g/mol. The molecular formula is C7H16N2O3. The number of hydrazine groups is 1. The van der Waals surface area contributed by atoms with E-state index >= 15 is 0 Å². The van der Waals surface area contributed by atoms with E-state index < -0.39 is 11.7 Å². The smallest absolute Gasteiger partial charge is 0.422 e. The van der Waals surface area contributed by atoms with Gasteiger partial charge in [0.15, 0.2) is 0 Å². The first-order valence-electron chi connectivity index (χ1n) is 3.78. The lowest BCUT2D eigenvalue weighted by Gasteiger charge is -2.19. The highest BCUT2D eigenvalue weighted by Crippen LogP contribution is 2.05. The molecule has 3 N–H and O–H groups in total. The summed E-state index contributed by atoms with van der Waals surface area (Å²) >= 11 is 0. The first-order chi connectivity index (χ1) is 5.45. The average molecular weight is 176 g/mol. The predicted octanol–water partition coefficient (Wildman–Crippen LogP) is 0.00800. The molecule has 0 bridgehead atoms. The van der Waals surface area contributed by atoms with Gasteiger partial charge >= 0.3 is 6.09 Å². The largest absolute Gasteiger partial charge is 0.443 e. The maximum atomic E-state index is 10.9. The molecule has 72 valence electrons. The van der Waals surface area contributed by atoms with E-state index in [-0.39, 0.29) is 6.61 Å². The highest BCUT2D eigenvalue weighted by atomic mass is 16.6. The average Bonchev–Trinajstić information content (AvgIpc) is 1.84. The number of carbonyl (C=O) groups excluding carboxylic acids is 1. The van der Waals surface area contributed by atoms with Crippen LogP contribution in [0.15, 0.2) is 0 Å². The molecule has 1 amide bonds. The van der Waals surface area contributed by atoms with Crippen molar-refractivity contribution in [1.82, 2.24) is 10.9 Å². The van der Waals surface area contributed by atoms with Gasteiger partial charge < -0.3 is 9.84 Å². The van der Waals surface area contributed by atoms with Gasteiger partial charge in [-0.25, -0.2) is 10.2 Å². The molecule has 0 unspecified atom stereocenters. The molecule has 0 spiro atoms. The second kappa shape index (κ2) is 4.95. The fourth-order valence-electron chi connectivity index (χ4n) is 0.494. The van der Waals surface area contributed by atoms with Gasteiger partial charge in [0.05, 0.1) is 6.61 Å². The number of rotatable bonds is 3. The summed E-state index contributed by atoms with van der Waals surface area (Å²) in [6.07, 6.45) is -0.545. The number of amides is 1. The normalized spacial score (nSPS) is 11.0. The van der Waals surface area contributed by atoms with E-state index in [0.29, 0.717) is 6.54 Å². The zero-order valence-electron chi connectivity index (χ0n) is 7.68. The minimum absolute atomic E-state index is 0.0319. The van der Waals surface area contributed by atoms with Crippen LogP contribution in [0, 0.1) is 0 Å². The number of hydrogen-bond donors (Lipinski definition) is 3. The van der Waals surface area contributed by atoms with Gasteiger partial charge in [-0.15, -0.1) is 0 Å². The number of hydrogen-bond acceptors (Lipinski definition) is 4. The summed E-state index contributed by atoms with van der Waals surface area (Å²) in [7, 11) is 0. The molecule has 5 nitrogen and oxygen atoms in total. The Bertz CT molecular complexity index is 142. The van der Waals surface area contributed by atoms with Crippen molar-refractivity contribution < 1.29 is 14.6 Å². The lowest BCUT2D eigenvalue weighted by molar-refractivity contribution is 0.0495. The third-order valence-corrected chi connectivity index (χ3v) is 0.826. The minimum Gasteiger partial charge on any atom is -0.443 e. The van der Waals surface area contributed by atoms with Crippen molar-refractivity contribution in [3.63, 3.8) is 0 Å². The van der Waals surface area contributed by atoms with Crippen LogP contribution in [0.25, 0.3) is 0 Å². The lowest BCUT2D eigenvalue weighted by Crippen LogP contribution is -2.42. The van der Waals surface area contributed by atoms with E-state index in [0.717, 1.165) is 0 Å². The zero-order chi connectivity index (χ0) is 9.61. The second-order valence-electron chi connectivity index (χ2n) is 3.28. The number of ether oxygens (including phenoxy) is 1. The van der Waals surface area contributed by atoms with Crippen LogP contribution in [0.5, 0.6) is 0 Å². The van der Waals surface area contributed by atoms with E-state index in [9.17, 15) is 4.79 Å². The van der Waals surface area contributed by atoms with Gasteiger partial charge in [-0.1, -0.05) is 0 Å². The fraction of sp³-hybridized carbons (Fsp3) is 0.857. The first-order valence-corrected chi connectivity index (χ1v) is 3.78. The van der Waals surface area contributed by atoms with E-state index in [1.807, 2.05) is 0 Å². The summed E-state index contributed by atoms with van der Waals surface area (Å²) in [5.41, 5.74) is 4.26. The molecule has 0 aliphatic rings. The van der Waals surface area contributed by atoms with Crippen LogP contribution in [-0.4, -0.2) is 30.0 Å². The Labute approximate surface area is 72.1 Å². The van der Waals surface area contributed by atoms with Gasteiger partial charge in [-0.2, -0.15) is 0 Å². The van der Waals surface area contributed by atoms with Crippen molar-refractivity contribution in [3.8, 4) is 0 Å². The Morgan fingerprint density at radius 1 is 1.50 bits per heavy atom. The summed E-state index contributed by atoms with van der Waals surface area (Å²) < 4.78 is 4.89. The van der Waals surface area contributed by atoms with Gasteiger partial charge in [0.25, 0.3) is 0 Å². The van der Waals surface area contributed by atoms with Crippen molar-refractivity contribution >= 4 is 6.09 Å². The van der Waals surface area contributed by atoms with E-state index in [1.54, 1.807) is 20.8 Å². The Balaban J connectivity index is 3.47. The fourth-order valence-corrected chi connectivity index (χ4v) is 0.494. The van der Waals surface area contributed by atoms with Crippen molar-refractivity contribution in [3.05, 3.63) is 0 Å². The van der Waals surface area contributed by atoms with Crippen LogP contribution in [0.1, 0.15) is 20.8 Å². The molecule has 0 fully saturated rings. The van der Waals surface area contributed by atoms with Crippen LogP contribution in [0.3, 0.4) is 0 Å². The summed E-state index contributed by atoms with van der Waals surface area (Å²) in [5.74, 6) is 0. The van der Waals surface area contributed by atoms with Gasteiger partial charge in [-0.3, -0.25) is 5.43 Å². The Hall–Kier alpha value is -0.810. The van der Waals surface area contributed by atoms with E-state index in [1.165, 1.54) is 0 Å². The van der Waals surface area contributed by atoms with E-state index in [2.05, 4.69) is 10.9 Å². The van der Waals surface area contributed by atoms with Gasteiger partial charge in [-0.05, 0) is 20.8 Å². The molecule has 0 rings (SSSR count). The zero-order valence-corrected chi connectivity index (χ0v) is 7.68. The first kappa shape index (κ1) is 11.2. The van der Waals surface area contributed by atoms with Gasteiger partial charge in [0, 0.05) is 6.54 Å². The molecule has 0 saturated heterocycles. The van der Waals surface area contributed by atoms with Crippen LogP contribution in [-0.2, 0) is 4.74 Å². The molecule has 0 radical (unpaired) electrons. The Morgan fingerprint density at radius 3 is 2.50 bits per heavy atom. The number of aliphatic hydroxyl groups is 1. The van der Waals surface area contributed by atoms with Crippen molar-refractivity contribution in [2.75, 3.05) is 13.2 Å². The van der Waals surface area contributed by atoms with Crippen molar-refractivity contribution in [2.24, 2.45) is 0 Å². The van der Waals surface area contributed by atoms with Crippen LogP contribution in [0.4, 0.5) is 4.79 Å². The molecule has 12 heavy (non-hydrogen) atoms. The quantitative estimate of drug-likeness (QED) is 0.418. The third kappa shape index (κ3) is 7.30. The number of nitrogens with one attached hydrogen (secondary N) is 2. The molecule has 0 aliphatic heterocycles. The molecule has 0 heterocycles. The Morgan fingerprint density at radius 2 is 2.08 bits per heavy atom. The molecule has 0 saturated carbocycles. The molecule has 0 aromatic rings. The highest BCUT2D eigenvalue weighted by Gasteiger charge is 2.15. The monoisotopic (exact) mass is 176 g/mol. The topological polar surface area (TPSA) is 70.6 Å². The third-order valence-electron chi connectivity index (χ3n) is 0.826. The number of carbonyl (C=O) groups is 1. The summed E-state index contributed by atoms with van der Waals surface area (Å²) in [6, 6.07) is 0. The van der Waals surface area contributed by atoms with Crippen LogP contribution in [0.2, 0.25) is 0 Å². The van der Waals surface area contributed by atoms with Crippen molar-refractivity contribution in [2.45, 2.75) is 26.4 Å². The van der Waals surface area contributed by atoms with Gasteiger partial charge in [0.2, 0.25) is 0 Å². The number of aliphatic hydroxyl groups excluding tert-OH is 1. The highest BCUT2D eigenvalue weighted by molar-refractivity contribution is 5.66. The maximum absolute atomic E-state index is 10.9. The molecule has 0 aromatic heterocycles. The second-order valence-corrected chi connectivity index (χ2v) is 3.28. The molecule has 0 aromatic carbocycles. The van der Waals surface area contributed by atoms with E-state index in [4.69, 9.17) is 9.84 Å². The van der Waals surface area contributed by atoms with Crippen molar-refractivity contribution in [1.29, 1.82) is 0 Å². The minimum atomic E-state index is -0.545. The lowest BCUT2D eigenvalue weighted by atomic mass is 10.2. The summed E-state index contributed by atoms with van der Waals surface area (Å²) in [4.78, 5) is 10.9. The van der Waals surface area contributed by atoms with Crippen LogP contribution < -0.4 is 10.9 Å². The SMILES string of the molecule is CC(C)(C)OC(=O)NNCCO. The Kier molecular flexibility index (Phi) is 4.61. The maximum Gasteiger partial charge on any atom is 0.422 e. The molecule has 0 atom stereocenters. The van der Waals surface area contributed by atoms with Crippen LogP contribution >= 0.6 is 0 Å². The summed E-state index contributed by atoms with van der Waals surface area (Å²) in [6.45, 7) is 5.60.